The van der Waals surface area contributed by atoms with Crippen LogP contribution in [0.4, 0.5) is 0 Å². The van der Waals surface area contributed by atoms with Crippen LogP contribution >= 0.6 is 11.3 Å². The van der Waals surface area contributed by atoms with Gasteiger partial charge in [-0.05, 0) is 48.9 Å². The summed E-state index contributed by atoms with van der Waals surface area (Å²) in [5, 5.41) is 6.64. The van der Waals surface area contributed by atoms with Gasteiger partial charge in [0.2, 0.25) is 0 Å². The predicted octanol–water partition coefficient (Wildman–Crippen LogP) is 4.00. The normalized spacial score (nSPS) is 11.4. The van der Waals surface area contributed by atoms with Crippen molar-refractivity contribution in [1.82, 2.24) is 9.66 Å². The van der Waals surface area contributed by atoms with Crippen LogP contribution in [-0.2, 0) is 0 Å². The molecule has 0 amide bonds. The minimum Gasteiger partial charge on any atom is -0.494 e. The van der Waals surface area contributed by atoms with Crippen molar-refractivity contribution >= 4 is 27.8 Å². The third-order valence-electron chi connectivity index (χ3n) is 3.79. The monoisotopic (exact) mass is 365 g/mol. The summed E-state index contributed by atoms with van der Waals surface area (Å²) in [6.45, 7) is 2.56. The zero-order chi connectivity index (χ0) is 17.9. The standard InChI is InChI=1S/C19H15N3O3S/c1-2-24-14-7-5-13(6-8-14)10-21-22-12-20-18-17(19(22)23)15(11-26-18)16-4-3-9-25-16/h3-12H,2H2,1H3/b21-10-. The molecule has 0 atom stereocenters. The molecule has 0 aliphatic rings. The molecule has 0 bridgehead atoms. The second kappa shape index (κ2) is 6.97. The first-order valence-corrected chi connectivity index (χ1v) is 8.94. The van der Waals surface area contributed by atoms with Crippen molar-refractivity contribution in [1.29, 1.82) is 0 Å². The Morgan fingerprint density at radius 3 is 2.88 bits per heavy atom. The molecular formula is C19H15N3O3S. The van der Waals surface area contributed by atoms with Crippen molar-refractivity contribution < 1.29 is 9.15 Å². The molecule has 6 nitrogen and oxygen atoms in total. The number of ether oxygens (including phenoxy) is 1. The maximum Gasteiger partial charge on any atom is 0.283 e. The SMILES string of the molecule is CCOc1ccc(/C=N\n2cnc3scc(-c4ccco4)c3c2=O)cc1. The minimum atomic E-state index is -0.232. The predicted molar refractivity (Wildman–Crippen MR) is 102 cm³/mol. The Hall–Kier alpha value is -3.19. The Labute approximate surface area is 153 Å². The number of nitrogens with zero attached hydrogens (tertiary/aromatic N) is 3. The smallest absolute Gasteiger partial charge is 0.283 e. The lowest BCUT2D eigenvalue weighted by Crippen LogP contribution is -2.16. The van der Waals surface area contributed by atoms with Gasteiger partial charge in [-0.3, -0.25) is 4.79 Å². The Bertz CT molecular complexity index is 1110. The Morgan fingerprint density at radius 2 is 2.15 bits per heavy atom. The van der Waals surface area contributed by atoms with Crippen molar-refractivity contribution in [3.8, 4) is 17.1 Å². The van der Waals surface area contributed by atoms with Crippen LogP contribution in [0.1, 0.15) is 12.5 Å². The fourth-order valence-electron chi connectivity index (χ4n) is 2.56. The molecule has 0 spiro atoms. The fraction of sp³-hybridized carbons (Fsp3) is 0.105. The number of thiophene rings is 1. The number of aromatic nitrogens is 2. The number of furan rings is 1. The Kier molecular flexibility index (Phi) is 4.37. The molecule has 130 valence electrons. The lowest BCUT2D eigenvalue weighted by molar-refractivity contribution is 0.340. The summed E-state index contributed by atoms with van der Waals surface area (Å²) in [7, 11) is 0. The molecule has 0 saturated heterocycles. The molecule has 0 aliphatic heterocycles. The first-order chi connectivity index (χ1) is 12.8. The van der Waals surface area contributed by atoms with E-state index in [4.69, 9.17) is 9.15 Å². The highest BCUT2D eigenvalue weighted by Gasteiger charge is 2.14. The topological polar surface area (TPSA) is 69.6 Å². The van der Waals surface area contributed by atoms with E-state index in [0.29, 0.717) is 22.6 Å². The maximum absolute atomic E-state index is 12.8. The van der Waals surface area contributed by atoms with Gasteiger partial charge in [0.25, 0.3) is 5.56 Å². The number of benzene rings is 1. The summed E-state index contributed by atoms with van der Waals surface area (Å²) in [4.78, 5) is 17.8. The molecule has 4 aromatic rings. The van der Waals surface area contributed by atoms with Gasteiger partial charge in [-0.25, -0.2) is 4.98 Å². The van der Waals surface area contributed by atoms with Crippen LogP contribution < -0.4 is 10.3 Å². The molecule has 0 aliphatic carbocycles. The van der Waals surface area contributed by atoms with Crippen LogP contribution in [0.5, 0.6) is 5.75 Å². The summed E-state index contributed by atoms with van der Waals surface area (Å²) in [6, 6.07) is 11.1. The van der Waals surface area contributed by atoms with E-state index in [2.05, 4.69) is 10.1 Å². The maximum atomic E-state index is 12.8. The van der Waals surface area contributed by atoms with E-state index < -0.39 is 0 Å². The third kappa shape index (κ3) is 3.04. The van der Waals surface area contributed by atoms with E-state index >= 15 is 0 Å². The molecule has 0 unspecified atom stereocenters. The van der Waals surface area contributed by atoms with Gasteiger partial charge >= 0.3 is 0 Å². The molecule has 7 heteroatoms. The lowest BCUT2D eigenvalue weighted by Gasteiger charge is -2.02. The summed E-state index contributed by atoms with van der Waals surface area (Å²) >= 11 is 1.41. The first-order valence-electron chi connectivity index (χ1n) is 8.06. The van der Waals surface area contributed by atoms with Crippen molar-refractivity contribution in [3.05, 3.63) is 70.3 Å². The Morgan fingerprint density at radius 1 is 1.31 bits per heavy atom. The van der Waals surface area contributed by atoms with Crippen molar-refractivity contribution in [2.45, 2.75) is 6.92 Å². The zero-order valence-electron chi connectivity index (χ0n) is 14.0. The molecule has 26 heavy (non-hydrogen) atoms. The van der Waals surface area contributed by atoms with Gasteiger partial charge in [0.1, 0.15) is 22.7 Å². The van der Waals surface area contributed by atoms with Crippen molar-refractivity contribution in [3.63, 3.8) is 0 Å². The number of hydrogen-bond donors (Lipinski definition) is 0. The summed E-state index contributed by atoms with van der Waals surface area (Å²) < 4.78 is 12.1. The average Bonchev–Trinajstić information content (AvgIpc) is 3.32. The summed E-state index contributed by atoms with van der Waals surface area (Å²) in [5.41, 5.74) is 1.36. The molecule has 0 fully saturated rings. The van der Waals surface area contributed by atoms with Gasteiger partial charge in [0.15, 0.2) is 0 Å². The third-order valence-corrected chi connectivity index (χ3v) is 4.67. The second-order valence-corrected chi connectivity index (χ2v) is 6.31. The van der Waals surface area contributed by atoms with Crippen LogP contribution in [0.25, 0.3) is 21.5 Å². The molecular weight excluding hydrogens is 350 g/mol. The quantitative estimate of drug-likeness (QED) is 0.501. The van der Waals surface area contributed by atoms with Crippen LogP contribution in [0.2, 0.25) is 0 Å². The highest BCUT2D eigenvalue weighted by molar-refractivity contribution is 7.17. The molecule has 1 aromatic carbocycles. The molecule has 3 heterocycles. The van der Waals surface area contributed by atoms with Crippen LogP contribution in [0.15, 0.2) is 68.7 Å². The average molecular weight is 365 g/mol. The van der Waals surface area contributed by atoms with Gasteiger partial charge < -0.3 is 9.15 Å². The molecule has 4 rings (SSSR count). The van der Waals surface area contributed by atoms with Crippen LogP contribution in [-0.4, -0.2) is 22.5 Å². The number of rotatable bonds is 5. The van der Waals surface area contributed by atoms with Crippen LogP contribution in [0, 0.1) is 0 Å². The van der Waals surface area contributed by atoms with Crippen molar-refractivity contribution in [2.75, 3.05) is 6.61 Å². The molecule has 0 N–H and O–H groups in total. The first kappa shape index (κ1) is 16.3. The zero-order valence-corrected chi connectivity index (χ0v) is 14.8. The van der Waals surface area contributed by atoms with Crippen molar-refractivity contribution in [2.24, 2.45) is 5.10 Å². The van der Waals surface area contributed by atoms with E-state index in [9.17, 15) is 4.79 Å². The van der Waals surface area contributed by atoms with E-state index in [1.54, 1.807) is 18.5 Å². The van der Waals surface area contributed by atoms with Crippen LogP contribution in [0.3, 0.4) is 0 Å². The van der Waals surface area contributed by atoms with Gasteiger partial charge in [0.05, 0.1) is 24.5 Å². The minimum absolute atomic E-state index is 0.232. The number of hydrogen-bond acceptors (Lipinski definition) is 6. The second-order valence-electron chi connectivity index (χ2n) is 5.45. The summed E-state index contributed by atoms with van der Waals surface area (Å²) in [6.07, 6.45) is 4.62. The van der Waals surface area contributed by atoms with Gasteiger partial charge in [-0.1, -0.05) is 0 Å². The van der Waals surface area contributed by atoms with Gasteiger partial charge in [-0.2, -0.15) is 9.78 Å². The largest absolute Gasteiger partial charge is 0.494 e. The van der Waals surface area contributed by atoms with Gasteiger partial charge in [0, 0.05) is 10.9 Å². The van der Waals surface area contributed by atoms with E-state index in [1.807, 2.05) is 42.6 Å². The van der Waals surface area contributed by atoms with E-state index in [-0.39, 0.29) is 5.56 Å². The van der Waals surface area contributed by atoms with Gasteiger partial charge in [-0.15, -0.1) is 11.3 Å². The molecule has 0 radical (unpaired) electrons. The van der Waals surface area contributed by atoms with E-state index in [0.717, 1.165) is 16.9 Å². The molecule has 3 aromatic heterocycles. The molecule has 0 saturated carbocycles. The highest BCUT2D eigenvalue weighted by atomic mass is 32.1. The van der Waals surface area contributed by atoms with E-state index in [1.165, 1.54) is 22.3 Å². The summed E-state index contributed by atoms with van der Waals surface area (Å²) in [5.74, 6) is 1.44. The lowest BCUT2D eigenvalue weighted by atomic mass is 10.2. The fourth-order valence-corrected chi connectivity index (χ4v) is 3.45. The highest BCUT2D eigenvalue weighted by Crippen LogP contribution is 2.30. The number of fused-ring (bicyclic) bond motifs is 1. The Balaban J connectivity index is 1.70.